The van der Waals surface area contributed by atoms with Gasteiger partial charge in [-0.05, 0) is 6.42 Å². The molecule has 0 saturated carbocycles. The molecule has 0 spiro atoms. The number of carbonyl (C=O) groups is 1. The number of aromatic nitrogens is 3. The van der Waals surface area contributed by atoms with E-state index in [0.29, 0.717) is 10.3 Å². The molecule has 148 valence electrons. The van der Waals surface area contributed by atoms with Gasteiger partial charge in [0, 0.05) is 26.7 Å². The molecule has 2 aromatic rings. The van der Waals surface area contributed by atoms with Crippen molar-refractivity contribution in [2.45, 2.75) is 65.3 Å². The number of hydrogen-bond donors (Lipinski definition) is 1. The molecule has 1 aliphatic heterocycles. The van der Waals surface area contributed by atoms with Crippen molar-refractivity contribution in [2.24, 2.45) is 5.92 Å². The molecule has 0 aromatic carbocycles. The van der Waals surface area contributed by atoms with Gasteiger partial charge < -0.3 is 19.9 Å². The first-order valence-electron chi connectivity index (χ1n) is 8.79. The van der Waals surface area contributed by atoms with Crippen molar-refractivity contribution in [1.82, 2.24) is 14.5 Å². The number of hydrogen-bond acceptors (Lipinski definition) is 9. The van der Waals surface area contributed by atoms with Gasteiger partial charge in [0.05, 0.1) is 17.0 Å². The van der Waals surface area contributed by atoms with Crippen molar-refractivity contribution >= 4 is 33.6 Å². The van der Waals surface area contributed by atoms with E-state index in [2.05, 4.69) is 9.97 Å². The molecule has 4 atom stereocenters. The fourth-order valence-electron chi connectivity index (χ4n) is 3.46. The highest BCUT2D eigenvalue weighted by Gasteiger charge is 2.47. The van der Waals surface area contributed by atoms with Crippen LogP contribution in [0.5, 0.6) is 0 Å². The zero-order valence-corrected chi connectivity index (χ0v) is 16.8. The lowest BCUT2D eigenvalue weighted by Crippen LogP contribution is -2.41. The lowest BCUT2D eigenvalue weighted by molar-refractivity contribution is -0.245. The largest absolute Gasteiger partial charge is 0.434 e. The van der Waals surface area contributed by atoms with Crippen LogP contribution in [0, 0.1) is 5.92 Å². The van der Waals surface area contributed by atoms with Crippen LogP contribution in [0.25, 0.3) is 10.3 Å². The summed E-state index contributed by atoms with van der Waals surface area (Å²) in [6, 6.07) is 0. The Balaban J connectivity index is 2.04. The van der Waals surface area contributed by atoms with Crippen molar-refractivity contribution in [2.75, 3.05) is 5.73 Å². The summed E-state index contributed by atoms with van der Waals surface area (Å²) >= 11 is 1.02. The second-order valence-electron chi connectivity index (χ2n) is 7.06. The van der Waals surface area contributed by atoms with Crippen LogP contribution in [0.2, 0.25) is 0 Å². The zero-order valence-electron chi connectivity index (χ0n) is 16.0. The molecule has 0 amide bonds. The van der Waals surface area contributed by atoms with Crippen LogP contribution in [-0.2, 0) is 19.0 Å². The molecule has 1 aliphatic rings. The summed E-state index contributed by atoms with van der Waals surface area (Å²) in [6.07, 6.45) is 0.925. The third-order valence-corrected chi connectivity index (χ3v) is 5.42. The van der Waals surface area contributed by atoms with Crippen molar-refractivity contribution in [3.63, 3.8) is 0 Å². The fourth-order valence-corrected chi connectivity index (χ4v) is 4.28. The zero-order chi connectivity index (χ0) is 19.9. The molecule has 2 aromatic heterocycles. The van der Waals surface area contributed by atoms with Gasteiger partial charge in [-0.3, -0.25) is 14.2 Å². The molecule has 1 saturated heterocycles. The number of nitrogen functional groups attached to an aromatic ring is 1. The van der Waals surface area contributed by atoms with Crippen LogP contribution < -0.4 is 10.6 Å². The molecule has 0 aliphatic carbocycles. The number of esters is 1. The van der Waals surface area contributed by atoms with Crippen LogP contribution in [0.1, 0.15) is 47.3 Å². The molecule has 0 radical (unpaired) electrons. The van der Waals surface area contributed by atoms with E-state index >= 15 is 0 Å². The summed E-state index contributed by atoms with van der Waals surface area (Å²) in [7, 11) is 0. The Morgan fingerprint density at radius 2 is 2.19 bits per heavy atom. The Kier molecular flexibility index (Phi) is 5.24. The predicted molar refractivity (Wildman–Crippen MR) is 100 cm³/mol. The standard InChI is InChI=1S/C17H24N4O5S/c1-6-10-8(2)12(26-17(4,5)25-9(3)22)14(24-10)21-13-11(27-16(21)23)7-19-15(18)20-13/h7-8,10,12,14H,6H2,1-5H3,(H2,18,19,20)/t8-,10-,12-,14-/m1/s1. The molecular weight excluding hydrogens is 372 g/mol. The minimum atomic E-state index is -1.17. The highest BCUT2D eigenvalue weighted by atomic mass is 32.1. The lowest BCUT2D eigenvalue weighted by atomic mass is 9.98. The second-order valence-corrected chi connectivity index (χ2v) is 8.06. The summed E-state index contributed by atoms with van der Waals surface area (Å²) < 4.78 is 19.6. The predicted octanol–water partition coefficient (Wildman–Crippen LogP) is 2.06. The number of thiazole rings is 1. The number of nitrogens with zero attached hydrogens (tertiary/aromatic N) is 3. The quantitative estimate of drug-likeness (QED) is 0.603. The Bertz CT molecular complexity index is 908. The van der Waals surface area contributed by atoms with Crippen molar-refractivity contribution in [3.05, 3.63) is 15.9 Å². The van der Waals surface area contributed by atoms with E-state index in [4.69, 9.17) is 19.9 Å². The Hall–Kier alpha value is -2.04. The van der Waals surface area contributed by atoms with Gasteiger partial charge in [-0.25, -0.2) is 4.98 Å². The fraction of sp³-hybridized carbons (Fsp3) is 0.647. The van der Waals surface area contributed by atoms with E-state index in [1.807, 2.05) is 13.8 Å². The van der Waals surface area contributed by atoms with Gasteiger partial charge in [0.25, 0.3) is 0 Å². The van der Waals surface area contributed by atoms with Crippen molar-refractivity contribution < 1.29 is 19.0 Å². The van der Waals surface area contributed by atoms with Crippen LogP contribution >= 0.6 is 11.3 Å². The maximum Gasteiger partial charge on any atom is 0.311 e. The minimum Gasteiger partial charge on any atom is -0.434 e. The molecule has 9 nitrogen and oxygen atoms in total. The third-order valence-electron chi connectivity index (χ3n) is 4.54. The summed E-state index contributed by atoms with van der Waals surface area (Å²) in [6.45, 7) is 8.64. The van der Waals surface area contributed by atoms with Gasteiger partial charge in [0.15, 0.2) is 11.9 Å². The van der Waals surface area contributed by atoms with E-state index < -0.39 is 24.1 Å². The summed E-state index contributed by atoms with van der Waals surface area (Å²) in [5, 5.41) is 0. The normalized spacial score (nSPS) is 25.8. The van der Waals surface area contributed by atoms with Gasteiger partial charge >= 0.3 is 10.8 Å². The van der Waals surface area contributed by atoms with Crippen LogP contribution in [0.4, 0.5) is 5.95 Å². The smallest absolute Gasteiger partial charge is 0.311 e. The molecule has 0 unspecified atom stereocenters. The van der Waals surface area contributed by atoms with Gasteiger partial charge in [-0.1, -0.05) is 25.2 Å². The second kappa shape index (κ2) is 7.17. The van der Waals surface area contributed by atoms with Gasteiger partial charge in [-0.15, -0.1) is 0 Å². The number of ether oxygens (including phenoxy) is 3. The van der Waals surface area contributed by atoms with Gasteiger partial charge in [0.2, 0.25) is 11.7 Å². The molecule has 27 heavy (non-hydrogen) atoms. The third kappa shape index (κ3) is 3.83. The Morgan fingerprint density at radius 3 is 2.81 bits per heavy atom. The number of nitrogens with two attached hydrogens (primary N) is 1. The average molecular weight is 396 g/mol. The van der Waals surface area contributed by atoms with E-state index in [1.165, 1.54) is 17.7 Å². The first kappa shape index (κ1) is 19.7. The van der Waals surface area contributed by atoms with Crippen LogP contribution in [0.15, 0.2) is 11.0 Å². The Labute approximate surface area is 160 Å². The molecular formula is C17H24N4O5S. The number of anilines is 1. The molecule has 10 heteroatoms. The molecule has 2 N–H and O–H groups in total. The summed E-state index contributed by atoms with van der Waals surface area (Å²) in [4.78, 5) is 32.0. The van der Waals surface area contributed by atoms with E-state index in [9.17, 15) is 9.59 Å². The first-order valence-corrected chi connectivity index (χ1v) is 9.61. The van der Waals surface area contributed by atoms with Gasteiger partial charge in [-0.2, -0.15) is 4.98 Å². The molecule has 3 heterocycles. The maximum atomic E-state index is 12.7. The van der Waals surface area contributed by atoms with Gasteiger partial charge in [0.1, 0.15) is 6.10 Å². The number of fused-ring (bicyclic) bond motifs is 1. The maximum absolute atomic E-state index is 12.7. The van der Waals surface area contributed by atoms with E-state index in [1.54, 1.807) is 13.8 Å². The topological polar surface area (TPSA) is 119 Å². The van der Waals surface area contributed by atoms with E-state index in [-0.39, 0.29) is 22.8 Å². The summed E-state index contributed by atoms with van der Waals surface area (Å²) in [5.74, 6) is -1.58. The molecule has 3 rings (SSSR count). The van der Waals surface area contributed by atoms with E-state index in [0.717, 1.165) is 17.8 Å². The monoisotopic (exact) mass is 396 g/mol. The lowest BCUT2D eigenvalue weighted by Gasteiger charge is -2.32. The van der Waals surface area contributed by atoms with Crippen LogP contribution in [-0.4, -0.2) is 38.5 Å². The molecule has 1 fully saturated rings. The highest BCUT2D eigenvalue weighted by molar-refractivity contribution is 7.16. The Morgan fingerprint density at radius 1 is 1.48 bits per heavy atom. The SMILES string of the molecule is CC[C@H]1O[C@@H](n2c(=O)sc3cnc(N)nc32)[C@H](OC(C)(C)OC(C)=O)[C@@H]1C. The number of rotatable bonds is 5. The average Bonchev–Trinajstić information content (AvgIpc) is 3.02. The number of carbonyl (C=O) groups excluding carboxylic acids is 1. The highest BCUT2D eigenvalue weighted by Crippen LogP contribution is 2.40. The van der Waals surface area contributed by atoms with Crippen molar-refractivity contribution in [1.29, 1.82) is 0 Å². The van der Waals surface area contributed by atoms with Crippen molar-refractivity contribution in [3.8, 4) is 0 Å². The summed E-state index contributed by atoms with van der Waals surface area (Å²) in [5.41, 5.74) is 6.12. The minimum absolute atomic E-state index is 0.0316. The molecule has 0 bridgehead atoms. The van der Waals surface area contributed by atoms with Crippen LogP contribution in [0.3, 0.4) is 0 Å². The first-order chi connectivity index (χ1) is 12.6.